The second kappa shape index (κ2) is 8.98. The van der Waals surface area contributed by atoms with Crippen molar-refractivity contribution >= 4 is 35.3 Å². The lowest BCUT2D eigenvalue weighted by molar-refractivity contribution is -0.136. The van der Waals surface area contributed by atoms with Crippen LogP contribution in [0.1, 0.15) is 32.1 Å². The minimum absolute atomic E-state index is 0.282. The maximum absolute atomic E-state index is 12.9. The van der Waals surface area contributed by atoms with Crippen LogP contribution in [0.4, 0.5) is 21.0 Å². The van der Waals surface area contributed by atoms with Crippen LogP contribution in [0.5, 0.6) is 0 Å². The monoisotopic (exact) mass is 413 g/mol. The van der Waals surface area contributed by atoms with Crippen LogP contribution >= 0.6 is 0 Å². The highest BCUT2D eigenvalue weighted by Gasteiger charge is 2.55. The Morgan fingerprint density at radius 2 is 1.67 bits per heavy atom. The quantitative estimate of drug-likeness (QED) is 0.492. The fraction of sp³-hybridized carbons (Fsp3) is 0.429. The van der Waals surface area contributed by atoms with E-state index >= 15 is 0 Å². The zero-order chi connectivity index (χ0) is 21.7. The lowest BCUT2D eigenvalue weighted by atomic mass is 9.81. The third kappa shape index (κ3) is 4.29. The lowest BCUT2D eigenvalue weighted by Gasteiger charge is -2.35. The molecule has 160 valence electrons. The van der Waals surface area contributed by atoms with Crippen molar-refractivity contribution in [3.8, 4) is 0 Å². The van der Waals surface area contributed by atoms with E-state index < -0.39 is 17.5 Å². The summed E-state index contributed by atoms with van der Waals surface area (Å²) in [6.45, 7) is 3.55. The highest BCUT2D eigenvalue weighted by Crippen LogP contribution is 2.39. The van der Waals surface area contributed by atoms with E-state index in [0.717, 1.165) is 24.2 Å². The molecule has 2 fully saturated rings. The molecule has 1 spiro atoms. The van der Waals surface area contributed by atoms with Gasteiger partial charge in [0, 0.05) is 25.0 Å². The fourth-order valence-corrected chi connectivity index (χ4v) is 3.99. The molecule has 1 aliphatic heterocycles. The van der Waals surface area contributed by atoms with Crippen molar-refractivity contribution in [2.75, 3.05) is 30.8 Å². The number of amides is 6. The van der Waals surface area contributed by atoms with E-state index in [0.29, 0.717) is 30.8 Å². The first-order valence-corrected chi connectivity index (χ1v) is 10.0. The number of nitrogens with one attached hydrogen (secondary N) is 3. The van der Waals surface area contributed by atoms with Gasteiger partial charge in [-0.15, -0.1) is 6.58 Å². The van der Waals surface area contributed by atoms with Gasteiger partial charge in [0.15, 0.2) is 0 Å². The zero-order valence-electron chi connectivity index (χ0n) is 17.1. The molecule has 9 nitrogen and oxygen atoms in total. The van der Waals surface area contributed by atoms with Crippen molar-refractivity contribution in [3.63, 3.8) is 0 Å². The standard InChI is InChI=1S/C21H27N5O4/c1-3-13-22-19(29)24-16-9-7-15(8-10-16)23-17(27)14-26-18(28)21(25(2)20(26)30)11-5-4-6-12-21/h3,7-10H,1,4-6,11-14H2,2H3,(H,23,27)(H2,22,24,29). The molecule has 3 N–H and O–H groups in total. The number of hydrogen-bond donors (Lipinski definition) is 3. The van der Waals surface area contributed by atoms with Crippen LogP contribution in [0.2, 0.25) is 0 Å². The Hall–Kier alpha value is -3.36. The van der Waals surface area contributed by atoms with Gasteiger partial charge in [-0.05, 0) is 37.1 Å². The number of likely N-dealkylation sites (N-methyl/N-ethyl adjacent to an activating group) is 1. The van der Waals surface area contributed by atoms with Crippen LogP contribution in [0.15, 0.2) is 36.9 Å². The van der Waals surface area contributed by atoms with E-state index in [1.165, 1.54) is 4.90 Å². The van der Waals surface area contributed by atoms with Crippen LogP contribution in [0.25, 0.3) is 0 Å². The Bertz CT molecular complexity index is 845. The molecule has 6 amide bonds. The van der Waals surface area contributed by atoms with Gasteiger partial charge in [0.25, 0.3) is 5.91 Å². The predicted molar refractivity (Wildman–Crippen MR) is 113 cm³/mol. The summed E-state index contributed by atoms with van der Waals surface area (Å²) in [4.78, 5) is 52.2. The average molecular weight is 413 g/mol. The number of benzene rings is 1. The number of nitrogens with zero attached hydrogens (tertiary/aromatic N) is 2. The van der Waals surface area contributed by atoms with E-state index in [4.69, 9.17) is 0 Å². The van der Waals surface area contributed by atoms with Crippen molar-refractivity contribution in [1.29, 1.82) is 0 Å². The van der Waals surface area contributed by atoms with E-state index in [9.17, 15) is 19.2 Å². The molecule has 1 aliphatic carbocycles. The number of carbonyl (C=O) groups is 4. The van der Waals surface area contributed by atoms with Crippen LogP contribution in [-0.2, 0) is 9.59 Å². The normalized spacial score (nSPS) is 17.8. The molecule has 0 radical (unpaired) electrons. The number of rotatable bonds is 6. The Kier molecular flexibility index (Phi) is 6.39. The molecule has 0 atom stereocenters. The maximum atomic E-state index is 12.9. The largest absolute Gasteiger partial charge is 0.334 e. The molecule has 1 aromatic carbocycles. The van der Waals surface area contributed by atoms with E-state index in [2.05, 4.69) is 22.5 Å². The van der Waals surface area contributed by atoms with E-state index in [1.807, 2.05) is 0 Å². The number of anilines is 2. The third-order valence-electron chi connectivity index (χ3n) is 5.62. The van der Waals surface area contributed by atoms with Crippen LogP contribution in [0, 0.1) is 0 Å². The second-order valence-electron chi connectivity index (χ2n) is 7.57. The van der Waals surface area contributed by atoms with Crippen molar-refractivity contribution in [1.82, 2.24) is 15.1 Å². The number of hydrogen-bond acceptors (Lipinski definition) is 4. The first kappa shape index (κ1) is 21.4. The van der Waals surface area contributed by atoms with Gasteiger partial charge in [-0.3, -0.25) is 14.5 Å². The summed E-state index contributed by atoms with van der Waals surface area (Å²) in [5.74, 6) is -0.739. The Morgan fingerprint density at radius 1 is 1.07 bits per heavy atom. The molecule has 0 bridgehead atoms. The molecule has 30 heavy (non-hydrogen) atoms. The van der Waals surface area contributed by atoms with Crippen molar-refractivity contribution in [2.24, 2.45) is 0 Å². The summed E-state index contributed by atoms with van der Waals surface area (Å²) in [5.41, 5.74) is 0.256. The van der Waals surface area contributed by atoms with Crippen molar-refractivity contribution in [2.45, 2.75) is 37.6 Å². The fourth-order valence-electron chi connectivity index (χ4n) is 3.99. The van der Waals surface area contributed by atoms with Crippen LogP contribution in [-0.4, -0.2) is 59.4 Å². The van der Waals surface area contributed by atoms with Crippen LogP contribution in [0.3, 0.4) is 0 Å². The molecule has 1 heterocycles. The molecule has 1 aromatic rings. The first-order valence-electron chi connectivity index (χ1n) is 10.0. The maximum Gasteiger partial charge on any atom is 0.327 e. The Morgan fingerprint density at radius 3 is 2.27 bits per heavy atom. The average Bonchev–Trinajstić information content (AvgIpc) is 2.90. The zero-order valence-corrected chi connectivity index (χ0v) is 17.1. The summed E-state index contributed by atoms with van der Waals surface area (Å²) in [6, 6.07) is 5.74. The molecule has 1 saturated heterocycles. The van der Waals surface area contributed by atoms with E-state index in [-0.39, 0.29) is 18.5 Å². The Labute approximate surface area is 175 Å². The van der Waals surface area contributed by atoms with Crippen LogP contribution < -0.4 is 16.0 Å². The number of urea groups is 2. The topological polar surface area (TPSA) is 111 Å². The highest BCUT2D eigenvalue weighted by atomic mass is 16.2. The summed E-state index contributed by atoms with van der Waals surface area (Å²) in [6.07, 6.45) is 5.70. The minimum Gasteiger partial charge on any atom is -0.334 e. The predicted octanol–water partition coefficient (Wildman–Crippen LogP) is 2.53. The van der Waals surface area contributed by atoms with Gasteiger partial charge in [-0.25, -0.2) is 9.59 Å². The SMILES string of the molecule is C=CCNC(=O)Nc1ccc(NC(=O)CN2C(=O)N(C)C3(CCCCC3)C2=O)cc1. The molecule has 2 aliphatic rings. The summed E-state index contributed by atoms with van der Waals surface area (Å²) < 4.78 is 0. The molecule has 9 heteroatoms. The third-order valence-corrected chi connectivity index (χ3v) is 5.62. The van der Waals surface area contributed by atoms with Gasteiger partial charge >= 0.3 is 12.1 Å². The Balaban J connectivity index is 1.57. The summed E-state index contributed by atoms with van der Waals surface area (Å²) in [5, 5.41) is 7.93. The van der Waals surface area contributed by atoms with Gasteiger partial charge in [-0.2, -0.15) is 0 Å². The molecule has 0 unspecified atom stereocenters. The molecular weight excluding hydrogens is 386 g/mol. The van der Waals surface area contributed by atoms with Gasteiger partial charge in [0.2, 0.25) is 5.91 Å². The molecule has 1 saturated carbocycles. The molecular formula is C21H27N5O4. The summed E-state index contributed by atoms with van der Waals surface area (Å²) >= 11 is 0. The first-order chi connectivity index (χ1) is 14.4. The van der Waals surface area contributed by atoms with Gasteiger partial charge < -0.3 is 20.9 Å². The number of imide groups is 1. The smallest absolute Gasteiger partial charge is 0.327 e. The van der Waals surface area contributed by atoms with Gasteiger partial charge in [0.1, 0.15) is 12.1 Å². The molecule has 0 aromatic heterocycles. The summed E-state index contributed by atoms with van der Waals surface area (Å²) in [7, 11) is 1.64. The minimum atomic E-state index is -0.797. The highest BCUT2D eigenvalue weighted by molar-refractivity contribution is 6.10. The van der Waals surface area contributed by atoms with E-state index in [1.54, 1.807) is 37.4 Å². The second-order valence-corrected chi connectivity index (χ2v) is 7.57. The van der Waals surface area contributed by atoms with Crippen molar-refractivity contribution < 1.29 is 19.2 Å². The van der Waals surface area contributed by atoms with Crippen molar-refractivity contribution in [3.05, 3.63) is 36.9 Å². The number of carbonyl (C=O) groups excluding carboxylic acids is 4. The lowest BCUT2D eigenvalue weighted by Crippen LogP contribution is -2.49. The van der Waals surface area contributed by atoms with Gasteiger partial charge in [0.05, 0.1) is 0 Å². The van der Waals surface area contributed by atoms with Gasteiger partial charge in [-0.1, -0.05) is 25.3 Å². The molecule has 3 rings (SSSR count).